The Morgan fingerprint density at radius 2 is 1.88 bits per heavy atom. The molecule has 0 saturated carbocycles. The normalized spacial score (nSPS) is 14.0. The molecule has 1 atom stereocenters. The summed E-state index contributed by atoms with van der Waals surface area (Å²) in [5, 5.41) is 19.7. The van der Waals surface area contributed by atoms with Crippen molar-refractivity contribution in [2.75, 3.05) is 24.5 Å². The molecule has 0 bridgehead atoms. The largest absolute Gasteiger partial charge is 0.465 e. The molecule has 1 heterocycles. The molecule has 0 fully saturated rings. The van der Waals surface area contributed by atoms with Crippen molar-refractivity contribution in [3.05, 3.63) is 65.2 Å². The zero-order chi connectivity index (χ0) is 18.7. The quantitative estimate of drug-likeness (QED) is 0.865. The van der Waals surface area contributed by atoms with Crippen LogP contribution in [0.25, 0.3) is 0 Å². The van der Waals surface area contributed by atoms with E-state index in [9.17, 15) is 14.7 Å². The Labute approximate surface area is 152 Å². The molecule has 26 heavy (non-hydrogen) atoms. The zero-order valence-corrected chi connectivity index (χ0v) is 14.6. The Morgan fingerprint density at radius 1 is 1.15 bits per heavy atom. The number of carbonyl (C=O) groups is 2. The third-order valence-electron chi connectivity index (χ3n) is 4.73. The molecule has 6 nitrogen and oxygen atoms in total. The summed E-state index contributed by atoms with van der Waals surface area (Å²) in [6.45, 7) is 2.59. The molecule has 2 N–H and O–H groups in total. The van der Waals surface area contributed by atoms with Crippen LogP contribution in [-0.4, -0.2) is 46.7 Å². The van der Waals surface area contributed by atoms with Crippen molar-refractivity contribution in [1.82, 2.24) is 4.90 Å². The maximum Gasteiger partial charge on any atom is 0.407 e. The highest BCUT2D eigenvalue weighted by Crippen LogP contribution is 2.34. The predicted octanol–water partition coefficient (Wildman–Crippen LogP) is 2.92. The average Bonchev–Trinajstić information content (AvgIpc) is 3.09. The number of nitrogens with zero attached hydrogens (tertiary/aromatic N) is 2. The number of likely N-dealkylation sites (N-methyl/N-ethyl adjacent to an activating group) is 1. The number of aliphatic hydroxyl groups is 1. The van der Waals surface area contributed by atoms with Gasteiger partial charge in [0.1, 0.15) is 0 Å². The second kappa shape index (κ2) is 7.58. The van der Waals surface area contributed by atoms with Crippen molar-refractivity contribution in [1.29, 1.82) is 0 Å². The molecule has 2 amide bonds. The van der Waals surface area contributed by atoms with Crippen molar-refractivity contribution >= 4 is 17.7 Å². The van der Waals surface area contributed by atoms with Gasteiger partial charge in [0.15, 0.2) is 0 Å². The molecule has 2 aromatic rings. The molecule has 0 radical (unpaired) electrons. The number of hydrogen-bond acceptors (Lipinski definition) is 3. The van der Waals surface area contributed by atoms with Crippen LogP contribution >= 0.6 is 0 Å². The number of carbonyl (C=O) groups excluding carboxylic acids is 1. The molecule has 1 aliphatic rings. The van der Waals surface area contributed by atoms with E-state index in [2.05, 4.69) is 0 Å². The minimum atomic E-state index is -1.06. The smallest absolute Gasteiger partial charge is 0.407 e. The van der Waals surface area contributed by atoms with Gasteiger partial charge < -0.3 is 20.0 Å². The van der Waals surface area contributed by atoms with E-state index in [1.54, 1.807) is 36.1 Å². The summed E-state index contributed by atoms with van der Waals surface area (Å²) in [6.07, 6.45) is -1.34. The minimum Gasteiger partial charge on any atom is -0.465 e. The summed E-state index contributed by atoms with van der Waals surface area (Å²) in [5.41, 5.74) is 3.00. The van der Waals surface area contributed by atoms with Gasteiger partial charge in [0, 0.05) is 24.3 Å². The van der Waals surface area contributed by atoms with Gasteiger partial charge in [0.05, 0.1) is 12.6 Å². The van der Waals surface area contributed by atoms with Crippen LogP contribution in [0.1, 0.15) is 34.5 Å². The number of benzene rings is 2. The third-order valence-corrected chi connectivity index (χ3v) is 4.73. The van der Waals surface area contributed by atoms with Crippen LogP contribution in [0.4, 0.5) is 10.5 Å². The number of carboxylic acid groups (broad SMARTS) is 1. The minimum absolute atomic E-state index is 0.00885. The summed E-state index contributed by atoms with van der Waals surface area (Å²) < 4.78 is 0. The van der Waals surface area contributed by atoms with Gasteiger partial charge in [-0.2, -0.15) is 0 Å². The van der Waals surface area contributed by atoms with E-state index >= 15 is 0 Å². The standard InChI is InChI=1S/C20H22N2O4/c1-2-21(20(25)26)13-18(23)16-9-6-10-17-15(16)11-12-22(17)19(24)14-7-4-3-5-8-14/h3-10,18,23H,2,11-13H2,1H3,(H,25,26). The fraction of sp³-hybridized carbons (Fsp3) is 0.300. The maximum atomic E-state index is 12.8. The molecular weight excluding hydrogens is 332 g/mol. The van der Waals surface area contributed by atoms with Crippen LogP contribution < -0.4 is 4.90 Å². The fourth-order valence-corrected chi connectivity index (χ4v) is 3.37. The number of aliphatic hydroxyl groups excluding tert-OH is 1. The lowest BCUT2D eigenvalue weighted by Crippen LogP contribution is -2.33. The summed E-state index contributed by atoms with van der Waals surface area (Å²) in [7, 11) is 0. The molecule has 0 aliphatic carbocycles. The monoisotopic (exact) mass is 354 g/mol. The second-order valence-corrected chi connectivity index (χ2v) is 6.25. The number of fused-ring (bicyclic) bond motifs is 1. The number of anilines is 1. The van der Waals surface area contributed by atoms with Gasteiger partial charge in [0.2, 0.25) is 0 Å². The molecule has 136 valence electrons. The van der Waals surface area contributed by atoms with Crippen molar-refractivity contribution in [3.8, 4) is 0 Å². The lowest BCUT2D eigenvalue weighted by molar-refractivity contribution is 0.0987. The first-order chi connectivity index (χ1) is 12.5. The Morgan fingerprint density at radius 3 is 2.54 bits per heavy atom. The second-order valence-electron chi connectivity index (χ2n) is 6.25. The van der Waals surface area contributed by atoms with Gasteiger partial charge in [-0.1, -0.05) is 30.3 Å². The molecule has 6 heteroatoms. The van der Waals surface area contributed by atoms with Crippen LogP contribution in [0.15, 0.2) is 48.5 Å². The molecular formula is C20H22N2O4. The van der Waals surface area contributed by atoms with Gasteiger partial charge in [-0.25, -0.2) is 4.79 Å². The fourth-order valence-electron chi connectivity index (χ4n) is 3.37. The van der Waals surface area contributed by atoms with Gasteiger partial charge in [-0.3, -0.25) is 4.79 Å². The lowest BCUT2D eigenvalue weighted by atomic mass is 9.99. The molecule has 3 rings (SSSR count). The highest BCUT2D eigenvalue weighted by Gasteiger charge is 2.29. The molecule has 0 spiro atoms. The van der Waals surface area contributed by atoms with Crippen LogP contribution in [-0.2, 0) is 6.42 Å². The van der Waals surface area contributed by atoms with Gasteiger partial charge in [-0.15, -0.1) is 0 Å². The summed E-state index contributed by atoms with van der Waals surface area (Å²) >= 11 is 0. The van der Waals surface area contributed by atoms with E-state index in [4.69, 9.17) is 5.11 Å². The Balaban J connectivity index is 1.86. The van der Waals surface area contributed by atoms with Crippen molar-refractivity contribution in [3.63, 3.8) is 0 Å². The van der Waals surface area contributed by atoms with Gasteiger partial charge >= 0.3 is 6.09 Å². The first kappa shape index (κ1) is 17.9. The predicted molar refractivity (Wildman–Crippen MR) is 98.5 cm³/mol. The molecule has 2 aromatic carbocycles. The highest BCUT2D eigenvalue weighted by atomic mass is 16.4. The number of hydrogen-bond donors (Lipinski definition) is 2. The number of rotatable bonds is 5. The van der Waals surface area contributed by atoms with E-state index in [0.717, 1.165) is 11.3 Å². The Kier molecular flexibility index (Phi) is 5.23. The Hall–Kier alpha value is -2.86. The summed E-state index contributed by atoms with van der Waals surface area (Å²) in [5.74, 6) is -0.0725. The van der Waals surface area contributed by atoms with E-state index in [1.165, 1.54) is 4.90 Å². The van der Waals surface area contributed by atoms with Crippen molar-refractivity contribution in [2.24, 2.45) is 0 Å². The van der Waals surface area contributed by atoms with Gasteiger partial charge in [-0.05, 0) is 42.7 Å². The average molecular weight is 354 g/mol. The van der Waals surface area contributed by atoms with E-state index < -0.39 is 12.2 Å². The third kappa shape index (κ3) is 3.41. The highest BCUT2D eigenvalue weighted by molar-refractivity contribution is 6.07. The molecule has 1 unspecified atom stereocenters. The van der Waals surface area contributed by atoms with Crippen LogP contribution in [0.5, 0.6) is 0 Å². The molecule has 0 aromatic heterocycles. The van der Waals surface area contributed by atoms with E-state index in [0.29, 0.717) is 30.6 Å². The van der Waals surface area contributed by atoms with Gasteiger partial charge in [0.25, 0.3) is 5.91 Å². The van der Waals surface area contributed by atoms with Crippen molar-refractivity contribution in [2.45, 2.75) is 19.4 Å². The van der Waals surface area contributed by atoms with E-state index in [-0.39, 0.29) is 12.5 Å². The van der Waals surface area contributed by atoms with Crippen molar-refractivity contribution < 1.29 is 19.8 Å². The van der Waals surface area contributed by atoms with Crippen LogP contribution in [0.2, 0.25) is 0 Å². The first-order valence-corrected chi connectivity index (χ1v) is 8.67. The topological polar surface area (TPSA) is 81.1 Å². The maximum absolute atomic E-state index is 12.8. The SMILES string of the molecule is CCN(CC(O)c1cccc2c1CCN2C(=O)c1ccccc1)C(=O)O. The molecule has 0 saturated heterocycles. The molecule has 1 aliphatic heterocycles. The summed E-state index contributed by atoms with van der Waals surface area (Å²) in [4.78, 5) is 26.9. The van der Waals surface area contributed by atoms with Crippen LogP contribution in [0, 0.1) is 0 Å². The first-order valence-electron chi connectivity index (χ1n) is 8.67. The van der Waals surface area contributed by atoms with Crippen LogP contribution in [0.3, 0.4) is 0 Å². The lowest BCUT2D eigenvalue weighted by Gasteiger charge is -2.23. The Bertz CT molecular complexity index is 807. The number of amides is 2. The van der Waals surface area contributed by atoms with E-state index in [1.807, 2.05) is 24.3 Å². The summed E-state index contributed by atoms with van der Waals surface area (Å²) in [6, 6.07) is 14.6. The zero-order valence-electron chi connectivity index (χ0n) is 14.6.